The fourth-order valence-corrected chi connectivity index (χ4v) is 2.23. The van der Waals surface area contributed by atoms with Crippen LogP contribution in [0.4, 0.5) is 0 Å². The minimum absolute atomic E-state index is 0.0612. The summed E-state index contributed by atoms with van der Waals surface area (Å²) >= 11 is 0. The molecule has 1 N–H and O–H groups in total. The van der Waals surface area contributed by atoms with Gasteiger partial charge in [-0.2, -0.15) is 0 Å². The summed E-state index contributed by atoms with van der Waals surface area (Å²) in [6.07, 6.45) is 0. The lowest BCUT2D eigenvalue weighted by Gasteiger charge is -2.18. The van der Waals surface area contributed by atoms with Crippen molar-refractivity contribution in [2.24, 2.45) is 0 Å². The molecular formula is C16H22N2O. The minimum Gasteiger partial charge on any atom is -0.298 e. The van der Waals surface area contributed by atoms with Gasteiger partial charge in [0.1, 0.15) is 0 Å². The van der Waals surface area contributed by atoms with Gasteiger partial charge >= 0.3 is 0 Å². The summed E-state index contributed by atoms with van der Waals surface area (Å²) in [5, 5.41) is 3.29. The van der Waals surface area contributed by atoms with Gasteiger partial charge in [-0.25, -0.2) is 4.68 Å². The van der Waals surface area contributed by atoms with E-state index in [1.54, 1.807) is 4.68 Å². The van der Waals surface area contributed by atoms with Gasteiger partial charge < -0.3 is 0 Å². The van der Waals surface area contributed by atoms with Crippen molar-refractivity contribution < 1.29 is 0 Å². The molecular weight excluding hydrogens is 236 g/mol. The molecule has 102 valence electrons. The highest BCUT2D eigenvalue weighted by Crippen LogP contribution is 2.29. The molecule has 1 heterocycles. The first-order chi connectivity index (χ1) is 8.82. The molecule has 1 aromatic carbocycles. The minimum atomic E-state index is -0.0928. The Hall–Kier alpha value is -1.77. The third-order valence-electron chi connectivity index (χ3n) is 3.24. The van der Waals surface area contributed by atoms with Gasteiger partial charge in [0.15, 0.2) is 0 Å². The topological polar surface area (TPSA) is 37.8 Å². The number of hydrogen-bond acceptors (Lipinski definition) is 1. The third kappa shape index (κ3) is 2.50. The van der Waals surface area contributed by atoms with Crippen molar-refractivity contribution in [2.45, 2.75) is 46.1 Å². The van der Waals surface area contributed by atoms with Crippen molar-refractivity contribution in [3.8, 4) is 11.1 Å². The number of nitrogens with one attached hydrogen (secondary N) is 1. The normalized spacial score (nSPS) is 12.1. The Morgan fingerprint density at radius 2 is 1.68 bits per heavy atom. The predicted octanol–water partition coefficient (Wildman–Crippen LogP) is 3.72. The molecule has 3 heteroatoms. The molecule has 2 rings (SSSR count). The predicted molar refractivity (Wildman–Crippen MR) is 79.6 cm³/mol. The zero-order chi connectivity index (χ0) is 14.2. The summed E-state index contributed by atoms with van der Waals surface area (Å²) < 4.78 is 1.71. The highest BCUT2D eigenvalue weighted by Gasteiger charge is 2.25. The van der Waals surface area contributed by atoms with Crippen molar-refractivity contribution in [1.29, 1.82) is 0 Å². The van der Waals surface area contributed by atoms with Gasteiger partial charge in [-0.15, -0.1) is 0 Å². The molecule has 19 heavy (non-hydrogen) atoms. The number of nitrogens with zero attached hydrogens (tertiary/aromatic N) is 1. The van der Waals surface area contributed by atoms with Crippen molar-refractivity contribution >= 4 is 0 Å². The first-order valence-electron chi connectivity index (χ1n) is 6.72. The molecule has 0 saturated carbocycles. The van der Waals surface area contributed by atoms with Gasteiger partial charge in [-0.3, -0.25) is 9.89 Å². The summed E-state index contributed by atoms with van der Waals surface area (Å²) in [7, 11) is 0. The van der Waals surface area contributed by atoms with Crippen molar-refractivity contribution in [3.63, 3.8) is 0 Å². The third-order valence-corrected chi connectivity index (χ3v) is 3.24. The van der Waals surface area contributed by atoms with E-state index in [0.29, 0.717) is 0 Å². The zero-order valence-corrected chi connectivity index (χ0v) is 12.3. The molecule has 1 aromatic heterocycles. The maximum absolute atomic E-state index is 12.6. The van der Waals surface area contributed by atoms with E-state index in [1.165, 1.54) is 0 Å². The number of aromatic amines is 1. The summed E-state index contributed by atoms with van der Waals surface area (Å²) in [6.45, 7) is 10.4. The Balaban J connectivity index is 2.75. The van der Waals surface area contributed by atoms with Gasteiger partial charge in [0.2, 0.25) is 0 Å². The quantitative estimate of drug-likeness (QED) is 0.875. The molecule has 0 radical (unpaired) electrons. The molecule has 2 aromatic rings. The van der Waals surface area contributed by atoms with Crippen LogP contribution in [0.5, 0.6) is 0 Å². The number of aromatic nitrogens is 2. The van der Waals surface area contributed by atoms with Crippen molar-refractivity contribution in [3.05, 3.63) is 46.4 Å². The van der Waals surface area contributed by atoms with Crippen LogP contribution in [0.25, 0.3) is 11.1 Å². The summed E-state index contributed by atoms with van der Waals surface area (Å²) in [4.78, 5) is 12.6. The van der Waals surface area contributed by atoms with Crippen LogP contribution < -0.4 is 5.56 Å². The molecule has 0 spiro atoms. The number of H-pyrrole nitrogens is 1. The smallest absolute Gasteiger partial charge is 0.274 e. The van der Waals surface area contributed by atoms with Gasteiger partial charge in [-0.05, 0) is 19.4 Å². The molecule has 0 bridgehead atoms. The maximum Gasteiger partial charge on any atom is 0.274 e. The average molecular weight is 258 g/mol. The first kappa shape index (κ1) is 13.7. The van der Waals surface area contributed by atoms with Crippen LogP contribution in [0.3, 0.4) is 0 Å². The van der Waals surface area contributed by atoms with E-state index >= 15 is 0 Å². The van der Waals surface area contributed by atoms with Crippen LogP contribution in [0.2, 0.25) is 0 Å². The largest absolute Gasteiger partial charge is 0.298 e. The van der Waals surface area contributed by atoms with Crippen LogP contribution in [0.15, 0.2) is 35.1 Å². The summed E-state index contributed by atoms with van der Waals surface area (Å²) in [5.41, 5.74) is 2.74. The summed E-state index contributed by atoms with van der Waals surface area (Å²) in [5.74, 6) is 0. The molecule has 0 aliphatic rings. The van der Waals surface area contributed by atoms with E-state index in [0.717, 1.165) is 16.8 Å². The highest BCUT2D eigenvalue weighted by molar-refractivity contribution is 5.66. The Bertz CT molecular complexity index is 612. The second-order valence-corrected chi connectivity index (χ2v) is 6.25. The Labute approximate surface area is 114 Å². The van der Waals surface area contributed by atoms with E-state index in [2.05, 4.69) is 25.9 Å². The second-order valence-electron chi connectivity index (χ2n) is 6.25. The Morgan fingerprint density at radius 1 is 1.11 bits per heavy atom. The van der Waals surface area contributed by atoms with Gasteiger partial charge in [0, 0.05) is 11.5 Å². The first-order valence-corrected chi connectivity index (χ1v) is 6.72. The number of hydrogen-bond donors (Lipinski definition) is 1. The zero-order valence-electron chi connectivity index (χ0n) is 12.3. The van der Waals surface area contributed by atoms with Gasteiger partial charge in [0.25, 0.3) is 5.56 Å². The van der Waals surface area contributed by atoms with E-state index < -0.39 is 0 Å². The fraction of sp³-hybridized carbons (Fsp3) is 0.438. The van der Waals surface area contributed by atoms with Crippen LogP contribution in [-0.4, -0.2) is 9.78 Å². The van der Waals surface area contributed by atoms with Crippen molar-refractivity contribution in [2.75, 3.05) is 0 Å². The molecule has 3 nitrogen and oxygen atoms in total. The van der Waals surface area contributed by atoms with E-state index in [4.69, 9.17) is 0 Å². The fourth-order valence-electron chi connectivity index (χ4n) is 2.23. The SMILES string of the molecule is CC(C)n1[nH]c(C(C)(C)C)c(-c2ccccc2)c1=O. The lowest BCUT2D eigenvalue weighted by Crippen LogP contribution is -2.19. The number of rotatable bonds is 2. The standard InChI is InChI=1S/C16H22N2O/c1-11(2)18-15(19)13(12-9-7-6-8-10-12)14(17-18)16(3,4)5/h6-11,17H,1-5H3. The van der Waals surface area contributed by atoms with E-state index in [-0.39, 0.29) is 17.0 Å². The van der Waals surface area contributed by atoms with Crippen LogP contribution in [0.1, 0.15) is 46.4 Å². The van der Waals surface area contributed by atoms with Gasteiger partial charge in [-0.1, -0.05) is 51.1 Å². The van der Waals surface area contributed by atoms with E-state index in [1.807, 2.05) is 44.2 Å². The van der Waals surface area contributed by atoms with E-state index in [9.17, 15) is 4.79 Å². The Kier molecular flexibility index (Phi) is 3.40. The summed E-state index contributed by atoms with van der Waals surface area (Å²) in [6, 6.07) is 10.0. The molecule has 0 aliphatic carbocycles. The lowest BCUT2D eigenvalue weighted by atomic mass is 9.87. The Morgan fingerprint density at radius 3 is 2.16 bits per heavy atom. The molecule has 0 saturated heterocycles. The average Bonchev–Trinajstić information content (AvgIpc) is 2.68. The molecule has 0 unspecified atom stereocenters. The molecule has 0 amide bonds. The highest BCUT2D eigenvalue weighted by atomic mass is 16.1. The second kappa shape index (κ2) is 4.72. The van der Waals surface area contributed by atoms with Crippen LogP contribution in [-0.2, 0) is 5.41 Å². The monoisotopic (exact) mass is 258 g/mol. The number of benzene rings is 1. The molecule has 0 atom stereocenters. The van der Waals surface area contributed by atoms with Crippen molar-refractivity contribution in [1.82, 2.24) is 9.78 Å². The maximum atomic E-state index is 12.6. The van der Waals surface area contributed by atoms with Gasteiger partial charge in [0.05, 0.1) is 11.3 Å². The molecule has 0 fully saturated rings. The molecule has 0 aliphatic heterocycles. The lowest BCUT2D eigenvalue weighted by molar-refractivity contribution is 0.486. The van der Waals surface area contributed by atoms with Crippen LogP contribution >= 0.6 is 0 Å². The van der Waals surface area contributed by atoms with Crippen LogP contribution in [0, 0.1) is 0 Å².